The zero-order chi connectivity index (χ0) is 20.1. The number of fused-ring (bicyclic) bond motifs is 1. The number of halogens is 1. The number of hydrogen-bond acceptors (Lipinski definition) is 3. The number of aliphatic hydroxyl groups is 1. The van der Waals surface area contributed by atoms with Crippen LogP contribution in [0.15, 0.2) is 40.9 Å². The largest absolute Gasteiger partial charge is 0.359 e. The predicted octanol–water partition coefficient (Wildman–Crippen LogP) is 3.89. The highest BCUT2D eigenvalue weighted by atomic mass is 79.9. The maximum absolute atomic E-state index is 13.5. The van der Waals surface area contributed by atoms with Gasteiger partial charge in [0.1, 0.15) is 0 Å². The number of anilines is 2. The number of aryl methyl sites for hydroxylation is 2. The summed E-state index contributed by atoms with van der Waals surface area (Å²) in [7, 11) is 0. The lowest BCUT2D eigenvalue weighted by atomic mass is 9.94. The normalized spacial score (nSPS) is 21.5. The minimum Gasteiger partial charge on any atom is -0.359 e. The Morgan fingerprint density at radius 1 is 1.11 bits per heavy atom. The summed E-state index contributed by atoms with van der Waals surface area (Å²) >= 11 is 3.42. The third kappa shape index (κ3) is 2.89. The molecule has 1 atom stereocenters. The Labute approximate surface area is 172 Å². The molecule has 0 spiro atoms. The van der Waals surface area contributed by atoms with Crippen molar-refractivity contribution in [1.82, 2.24) is 4.90 Å². The first-order valence-corrected chi connectivity index (χ1v) is 10.1. The van der Waals surface area contributed by atoms with Gasteiger partial charge in [0.2, 0.25) is 0 Å². The SMILES string of the molecule is Cc1ccc(N2C(=O)Nc3ccc(Br)cc3C2(O)C(=O)N2CCCC2)cc1C. The number of carbonyl (C=O) groups excluding carboxylic acids is 2. The van der Waals surface area contributed by atoms with Gasteiger partial charge in [-0.2, -0.15) is 0 Å². The molecule has 2 aromatic carbocycles. The molecule has 0 radical (unpaired) electrons. The summed E-state index contributed by atoms with van der Waals surface area (Å²) in [6, 6.07) is 10.1. The first-order valence-electron chi connectivity index (χ1n) is 9.32. The Balaban J connectivity index is 1.93. The second kappa shape index (κ2) is 6.90. The monoisotopic (exact) mass is 443 g/mol. The molecular weight excluding hydrogens is 422 g/mol. The molecule has 2 heterocycles. The molecule has 7 heteroatoms. The molecule has 146 valence electrons. The van der Waals surface area contributed by atoms with Crippen molar-refractivity contribution in [3.8, 4) is 0 Å². The van der Waals surface area contributed by atoms with E-state index in [1.54, 1.807) is 29.2 Å². The van der Waals surface area contributed by atoms with Crippen molar-refractivity contribution in [2.24, 2.45) is 0 Å². The number of hydrogen-bond donors (Lipinski definition) is 2. The Bertz CT molecular complexity index is 971. The van der Waals surface area contributed by atoms with Crippen LogP contribution < -0.4 is 10.2 Å². The van der Waals surface area contributed by atoms with Crippen molar-refractivity contribution in [3.63, 3.8) is 0 Å². The number of nitrogens with zero attached hydrogens (tertiary/aromatic N) is 2. The highest BCUT2D eigenvalue weighted by Gasteiger charge is 2.54. The van der Waals surface area contributed by atoms with Gasteiger partial charge in [0.05, 0.1) is 5.69 Å². The zero-order valence-corrected chi connectivity index (χ0v) is 17.4. The third-order valence-electron chi connectivity index (χ3n) is 5.57. The number of benzene rings is 2. The maximum atomic E-state index is 13.5. The maximum Gasteiger partial charge on any atom is 0.329 e. The van der Waals surface area contributed by atoms with Gasteiger partial charge in [-0.3, -0.25) is 9.69 Å². The van der Waals surface area contributed by atoms with Gasteiger partial charge in [0, 0.05) is 28.8 Å². The van der Waals surface area contributed by atoms with Crippen LogP contribution in [-0.2, 0) is 10.5 Å². The number of urea groups is 1. The molecule has 2 aliphatic rings. The van der Waals surface area contributed by atoms with E-state index in [0.717, 1.165) is 28.4 Å². The van der Waals surface area contributed by atoms with Gasteiger partial charge < -0.3 is 15.3 Å². The van der Waals surface area contributed by atoms with E-state index < -0.39 is 17.7 Å². The fourth-order valence-corrected chi connectivity index (χ4v) is 4.23. The fourth-order valence-electron chi connectivity index (χ4n) is 3.87. The van der Waals surface area contributed by atoms with E-state index >= 15 is 0 Å². The van der Waals surface area contributed by atoms with Gasteiger partial charge in [-0.15, -0.1) is 0 Å². The molecule has 0 bridgehead atoms. The van der Waals surface area contributed by atoms with Crippen molar-refractivity contribution in [3.05, 3.63) is 57.6 Å². The summed E-state index contributed by atoms with van der Waals surface area (Å²) in [5, 5.41) is 14.7. The lowest BCUT2D eigenvalue weighted by Gasteiger charge is -2.44. The van der Waals surface area contributed by atoms with Crippen molar-refractivity contribution >= 4 is 39.2 Å². The van der Waals surface area contributed by atoms with Crippen LogP contribution in [0.4, 0.5) is 16.2 Å². The van der Waals surface area contributed by atoms with E-state index in [0.29, 0.717) is 30.0 Å². The van der Waals surface area contributed by atoms with Gasteiger partial charge >= 0.3 is 6.03 Å². The van der Waals surface area contributed by atoms with Crippen molar-refractivity contribution in [2.75, 3.05) is 23.3 Å². The quantitative estimate of drug-likeness (QED) is 0.739. The summed E-state index contributed by atoms with van der Waals surface area (Å²) in [5.74, 6) is -0.475. The van der Waals surface area contributed by atoms with Gasteiger partial charge in [-0.05, 0) is 68.1 Å². The van der Waals surface area contributed by atoms with Gasteiger partial charge in [0.15, 0.2) is 0 Å². The predicted molar refractivity (Wildman–Crippen MR) is 111 cm³/mol. The Hall–Kier alpha value is -2.38. The molecule has 0 aromatic heterocycles. The van der Waals surface area contributed by atoms with Crippen LogP contribution in [0.3, 0.4) is 0 Å². The van der Waals surface area contributed by atoms with E-state index in [1.807, 2.05) is 26.0 Å². The van der Waals surface area contributed by atoms with Crippen LogP contribution in [0.25, 0.3) is 0 Å². The molecule has 1 fully saturated rings. The summed E-state index contributed by atoms with van der Waals surface area (Å²) in [6.07, 6.45) is 1.78. The molecule has 3 amide bonds. The highest BCUT2D eigenvalue weighted by Crippen LogP contribution is 2.42. The van der Waals surface area contributed by atoms with Crippen molar-refractivity contribution < 1.29 is 14.7 Å². The second-order valence-corrected chi connectivity index (χ2v) is 8.31. The van der Waals surface area contributed by atoms with Crippen molar-refractivity contribution in [2.45, 2.75) is 32.4 Å². The molecule has 2 aromatic rings. The zero-order valence-electron chi connectivity index (χ0n) is 15.8. The standard InChI is InChI=1S/C21H22BrN3O3/c1-13-5-7-16(11-14(13)2)25-20(27)23-18-8-6-15(22)12-17(18)21(25,28)19(26)24-9-3-4-10-24/h5-8,11-12,28H,3-4,9-10H2,1-2H3,(H,23,27). The van der Waals surface area contributed by atoms with Gasteiger partial charge in [-0.1, -0.05) is 22.0 Å². The van der Waals surface area contributed by atoms with Crippen LogP contribution in [0, 0.1) is 13.8 Å². The molecule has 4 rings (SSSR count). The topological polar surface area (TPSA) is 72.9 Å². The number of carbonyl (C=O) groups is 2. The lowest BCUT2D eigenvalue weighted by Crippen LogP contribution is -2.62. The van der Waals surface area contributed by atoms with Crippen molar-refractivity contribution in [1.29, 1.82) is 0 Å². The summed E-state index contributed by atoms with van der Waals surface area (Å²) in [6.45, 7) is 5.07. The number of rotatable bonds is 2. The van der Waals surface area contributed by atoms with E-state index in [4.69, 9.17) is 0 Å². The number of nitrogens with one attached hydrogen (secondary N) is 1. The highest BCUT2D eigenvalue weighted by molar-refractivity contribution is 9.10. The minimum absolute atomic E-state index is 0.358. The summed E-state index contributed by atoms with van der Waals surface area (Å²) < 4.78 is 0.718. The smallest absolute Gasteiger partial charge is 0.329 e. The molecule has 0 aliphatic carbocycles. The average molecular weight is 444 g/mol. The first kappa shape index (κ1) is 19.0. The Morgan fingerprint density at radius 2 is 1.82 bits per heavy atom. The van der Waals surface area contributed by atoms with Crippen LogP contribution in [0.1, 0.15) is 29.5 Å². The van der Waals surface area contributed by atoms with Crippen LogP contribution in [0.5, 0.6) is 0 Å². The third-order valence-corrected chi connectivity index (χ3v) is 6.06. The minimum atomic E-state index is -2.12. The molecule has 0 saturated carbocycles. The van der Waals surface area contributed by atoms with E-state index in [1.165, 1.54) is 4.90 Å². The Kier molecular flexibility index (Phi) is 4.67. The fraction of sp³-hybridized carbons (Fsp3) is 0.333. The first-order chi connectivity index (χ1) is 13.3. The lowest BCUT2D eigenvalue weighted by molar-refractivity contribution is -0.150. The molecule has 1 unspecified atom stereocenters. The van der Waals surface area contributed by atoms with E-state index in [2.05, 4.69) is 21.2 Å². The molecular formula is C21H22BrN3O3. The average Bonchev–Trinajstić information content (AvgIpc) is 3.19. The molecule has 2 N–H and O–H groups in total. The van der Waals surface area contributed by atoms with Crippen LogP contribution >= 0.6 is 15.9 Å². The van der Waals surface area contributed by atoms with Crippen LogP contribution in [-0.4, -0.2) is 35.0 Å². The number of likely N-dealkylation sites (tertiary alicyclic amines) is 1. The van der Waals surface area contributed by atoms with E-state index in [9.17, 15) is 14.7 Å². The molecule has 28 heavy (non-hydrogen) atoms. The van der Waals surface area contributed by atoms with E-state index in [-0.39, 0.29) is 0 Å². The van der Waals surface area contributed by atoms with Crippen LogP contribution in [0.2, 0.25) is 0 Å². The molecule has 6 nitrogen and oxygen atoms in total. The summed E-state index contributed by atoms with van der Waals surface area (Å²) in [4.78, 5) is 29.4. The number of amides is 3. The van der Waals surface area contributed by atoms with Gasteiger partial charge in [-0.25, -0.2) is 4.79 Å². The molecule has 2 aliphatic heterocycles. The second-order valence-electron chi connectivity index (χ2n) is 7.40. The summed E-state index contributed by atoms with van der Waals surface area (Å²) in [5.41, 5.74) is 1.19. The molecule has 1 saturated heterocycles. The van der Waals surface area contributed by atoms with Gasteiger partial charge in [0.25, 0.3) is 11.6 Å². The Morgan fingerprint density at radius 3 is 2.50 bits per heavy atom.